The first kappa shape index (κ1) is 16.5. The van der Waals surface area contributed by atoms with Gasteiger partial charge in [0.05, 0.1) is 18.2 Å². The number of benzene rings is 2. The fraction of sp³-hybridized carbons (Fsp3) is 0.278. The van der Waals surface area contributed by atoms with Crippen LogP contribution in [0.3, 0.4) is 0 Å². The van der Waals surface area contributed by atoms with E-state index in [9.17, 15) is 4.79 Å². The molecule has 0 saturated carbocycles. The van der Waals surface area contributed by atoms with Crippen molar-refractivity contribution >= 4 is 29.0 Å². The number of nitrogens with zero attached hydrogens (tertiary/aromatic N) is 1. The van der Waals surface area contributed by atoms with Gasteiger partial charge in [0, 0.05) is 35.8 Å². The largest absolute Gasteiger partial charge is 0.379 e. The summed E-state index contributed by atoms with van der Waals surface area (Å²) in [6.45, 7) is 4.33. The summed E-state index contributed by atoms with van der Waals surface area (Å²) in [5.41, 5.74) is 2.28. The van der Waals surface area contributed by atoms with Crippen LogP contribution in [-0.2, 0) is 11.3 Å². The lowest BCUT2D eigenvalue weighted by molar-refractivity contribution is 0.0342. The number of halogens is 2. The van der Waals surface area contributed by atoms with E-state index in [1.807, 2.05) is 24.3 Å². The van der Waals surface area contributed by atoms with Gasteiger partial charge in [0.25, 0.3) is 0 Å². The van der Waals surface area contributed by atoms with Crippen molar-refractivity contribution in [2.45, 2.75) is 6.54 Å². The number of carbonyl (C=O) groups excluding carboxylic acids is 1. The Hall–Kier alpha value is -1.39. The van der Waals surface area contributed by atoms with E-state index in [2.05, 4.69) is 4.90 Å². The Morgan fingerprint density at radius 1 is 1.04 bits per heavy atom. The van der Waals surface area contributed by atoms with E-state index in [0.29, 0.717) is 21.2 Å². The summed E-state index contributed by atoms with van der Waals surface area (Å²) in [4.78, 5) is 14.9. The van der Waals surface area contributed by atoms with Gasteiger partial charge in [-0.2, -0.15) is 0 Å². The molecule has 0 spiro atoms. The zero-order valence-electron chi connectivity index (χ0n) is 12.6. The van der Waals surface area contributed by atoms with Crippen LogP contribution in [0.15, 0.2) is 42.5 Å². The molecule has 0 aromatic heterocycles. The van der Waals surface area contributed by atoms with Crippen LogP contribution in [0.5, 0.6) is 0 Å². The average molecular weight is 350 g/mol. The van der Waals surface area contributed by atoms with Crippen LogP contribution in [0.2, 0.25) is 10.0 Å². The van der Waals surface area contributed by atoms with Crippen molar-refractivity contribution in [3.8, 4) is 0 Å². The highest BCUT2D eigenvalue weighted by Gasteiger charge is 2.14. The molecule has 0 unspecified atom stereocenters. The van der Waals surface area contributed by atoms with Gasteiger partial charge in [-0.15, -0.1) is 0 Å². The molecule has 2 aromatic rings. The molecule has 2 aromatic carbocycles. The summed E-state index contributed by atoms with van der Waals surface area (Å²) in [6, 6.07) is 12.6. The van der Waals surface area contributed by atoms with E-state index in [1.165, 1.54) is 5.56 Å². The SMILES string of the molecule is O=C(c1ccc(CN2CCOCC2)cc1)c1ccc(Cl)cc1Cl. The quantitative estimate of drug-likeness (QED) is 0.779. The molecule has 0 radical (unpaired) electrons. The predicted molar refractivity (Wildman–Crippen MR) is 92.4 cm³/mol. The number of carbonyl (C=O) groups is 1. The minimum absolute atomic E-state index is 0.0930. The molecule has 0 amide bonds. The maximum Gasteiger partial charge on any atom is 0.194 e. The minimum Gasteiger partial charge on any atom is -0.379 e. The Morgan fingerprint density at radius 2 is 1.74 bits per heavy atom. The minimum atomic E-state index is -0.0930. The first-order valence-corrected chi connectivity index (χ1v) is 8.28. The molecule has 3 rings (SSSR count). The Bertz CT molecular complexity index is 695. The lowest BCUT2D eigenvalue weighted by Gasteiger charge is -2.26. The maximum atomic E-state index is 12.5. The fourth-order valence-corrected chi connectivity index (χ4v) is 3.10. The van der Waals surface area contributed by atoms with E-state index in [1.54, 1.807) is 18.2 Å². The zero-order chi connectivity index (χ0) is 16.2. The Kier molecular flexibility index (Phi) is 5.34. The third-order valence-electron chi connectivity index (χ3n) is 3.90. The van der Waals surface area contributed by atoms with Crippen molar-refractivity contribution in [3.05, 3.63) is 69.2 Å². The van der Waals surface area contributed by atoms with Crippen molar-refractivity contribution in [1.29, 1.82) is 0 Å². The van der Waals surface area contributed by atoms with Crippen molar-refractivity contribution in [3.63, 3.8) is 0 Å². The van der Waals surface area contributed by atoms with Crippen LogP contribution >= 0.6 is 23.2 Å². The number of ether oxygens (including phenoxy) is 1. The number of morpholine rings is 1. The molecule has 0 aliphatic carbocycles. The van der Waals surface area contributed by atoms with Crippen LogP contribution in [0, 0.1) is 0 Å². The van der Waals surface area contributed by atoms with Gasteiger partial charge in [-0.3, -0.25) is 9.69 Å². The molecular weight excluding hydrogens is 333 g/mol. The van der Waals surface area contributed by atoms with E-state index in [4.69, 9.17) is 27.9 Å². The molecule has 0 N–H and O–H groups in total. The van der Waals surface area contributed by atoms with E-state index >= 15 is 0 Å². The Morgan fingerprint density at radius 3 is 2.39 bits per heavy atom. The molecule has 1 heterocycles. The van der Waals surface area contributed by atoms with Gasteiger partial charge in [-0.25, -0.2) is 0 Å². The summed E-state index contributed by atoms with van der Waals surface area (Å²) in [5, 5.41) is 0.896. The van der Waals surface area contributed by atoms with E-state index in [-0.39, 0.29) is 5.78 Å². The van der Waals surface area contributed by atoms with Gasteiger partial charge in [0.2, 0.25) is 0 Å². The molecule has 0 bridgehead atoms. The summed E-state index contributed by atoms with van der Waals surface area (Å²) in [6.07, 6.45) is 0. The number of hydrogen-bond donors (Lipinski definition) is 0. The maximum absolute atomic E-state index is 12.5. The predicted octanol–water partition coefficient (Wildman–Crippen LogP) is 4.06. The van der Waals surface area contributed by atoms with Crippen molar-refractivity contribution in [2.75, 3.05) is 26.3 Å². The standard InChI is InChI=1S/C18H17Cl2NO2/c19-15-5-6-16(17(20)11-15)18(22)14-3-1-13(2-4-14)12-21-7-9-23-10-8-21/h1-6,11H,7-10,12H2. The Balaban J connectivity index is 1.72. The molecule has 120 valence electrons. The molecule has 0 atom stereocenters. The fourth-order valence-electron chi connectivity index (χ4n) is 2.61. The molecular formula is C18H17Cl2NO2. The lowest BCUT2D eigenvalue weighted by atomic mass is 10.0. The number of hydrogen-bond acceptors (Lipinski definition) is 3. The van der Waals surface area contributed by atoms with Gasteiger partial charge in [-0.05, 0) is 23.8 Å². The second kappa shape index (κ2) is 7.45. The second-order valence-electron chi connectivity index (χ2n) is 5.54. The summed E-state index contributed by atoms with van der Waals surface area (Å²) in [5.74, 6) is -0.0930. The summed E-state index contributed by atoms with van der Waals surface area (Å²) >= 11 is 12.0. The third-order valence-corrected chi connectivity index (χ3v) is 4.45. The van der Waals surface area contributed by atoms with Gasteiger partial charge < -0.3 is 4.74 Å². The van der Waals surface area contributed by atoms with Crippen molar-refractivity contribution in [2.24, 2.45) is 0 Å². The van der Waals surface area contributed by atoms with Gasteiger partial charge in [0.15, 0.2) is 5.78 Å². The highest BCUT2D eigenvalue weighted by Crippen LogP contribution is 2.23. The second-order valence-corrected chi connectivity index (χ2v) is 6.38. The van der Waals surface area contributed by atoms with Crippen LogP contribution in [0.25, 0.3) is 0 Å². The van der Waals surface area contributed by atoms with E-state index < -0.39 is 0 Å². The van der Waals surface area contributed by atoms with Crippen molar-refractivity contribution in [1.82, 2.24) is 4.90 Å². The van der Waals surface area contributed by atoms with Crippen molar-refractivity contribution < 1.29 is 9.53 Å². The molecule has 23 heavy (non-hydrogen) atoms. The highest BCUT2D eigenvalue weighted by atomic mass is 35.5. The van der Waals surface area contributed by atoms with Crippen LogP contribution < -0.4 is 0 Å². The molecule has 1 aliphatic rings. The summed E-state index contributed by atoms with van der Waals surface area (Å²) in [7, 11) is 0. The topological polar surface area (TPSA) is 29.5 Å². The van der Waals surface area contributed by atoms with Gasteiger partial charge in [-0.1, -0.05) is 47.5 Å². The Labute approximate surface area is 145 Å². The number of rotatable bonds is 4. The first-order valence-electron chi connectivity index (χ1n) is 7.52. The smallest absolute Gasteiger partial charge is 0.194 e. The van der Waals surface area contributed by atoms with Crippen LogP contribution in [0.1, 0.15) is 21.5 Å². The molecule has 3 nitrogen and oxygen atoms in total. The average Bonchev–Trinajstić information content (AvgIpc) is 2.56. The van der Waals surface area contributed by atoms with Gasteiger partial charge >= 0.3 is 0 Å². The lowest BCUT2D eigenvalue weighted by Crippen LogP contribution is -2.35. The van der Waals surface area contributed by atoms with Gasteiger partial charge in [0.1, 0.15) is 0 Å². The highest BCUT2D eigenvalue weighted by molar-refractivity contribution is 6.37. The monoisotopic (exact) mass is 349 g/mol. The van der Waals surface area contributed by atoms with Crippen LogP contribution in [-0.4, -0.2) is 37.0 Å². The van der Waals surface area contributed by atoms with E-state index in [0.717, 1.165) is 32.8 Å². The molecule has 5 heteroatoms. The van der Waals surface area contributed by atoms with Crippen LogP contribution in [0.4, 0.5) is 0 Å². The molecule has 1 aliphatic heterocycles. The number of ketones is 1. The normalized spacial score (nSPS) is 15.6. The first-order chi connectivity index (χ1) is 11.1. The summed E-state index contributed by atoms with van der Waals surface area (Å²) < 4.78 is 5.35. The third kappa shape index (κ3) is 4.12. The molecule has 1 fully saturated rings. The zero-order valence-corrected chi connectivity index (χ0v) is 14.1. The molecule has 1 saturated heterocycles.